The van der Waals surface area contributed by atoms with Crippen molar-refractivity contribution in [2.75, 3.05) is 0 Å². The molecule has 2 aromatic rings. The van der Waals surface area contributed by atoms with Crippen LogP contribution in [0.15, 0.2) is 33.9 Å². The molecule has 1 aromatic heterocycles. The van der Waals surface area contributed by atoms with E-state index in [0.29, 0.717) is 0 Å². The Labute approximate surface area is 109 Å². The van der Waals surface area contributed by atoms with E-state index in [0.717, 1.165) is 18.4 Å². The highest BCUT2D eigenvalue weighted by molar-refractivity contribution is 5.36. The molecule has 5 heteroatoms. The number of nitrogens with one attached hydrogen (secondary N) is 1. The highest BCUT2D eigenvalue weighted by atomic mass is 16.3. The lowest BCUT2D eigenvalue weighted by Gasteiger charge is -2.17. The number of H-pyrrole nitrogens is 1. The number of nitrogens with zero attached hydrogens (tertiary/aromatic N) is 1. The number of aromatic nitrogens is 2. The Bertz CT molecular complexity index is 758. The topological polar surface area (TPSA) is 75.1 Å². The zero-order valence-electron chi connectivity index (χ0n) is 10.5. The Morgan fingerprint density at radius 2 is 2.05 bits per heavy atom. The highest BCUT2D eigenvalue weighted by Crippen LogP contribution is 2.35. The van der Waals surface area contributed by atoms with Crippen molar-refractivity contribution in [1.29, 1.82) is 0 Å². The molecule has 0 radical (unpaired) electrons. The zero-order chi connectivity index (χ0) is 13.6. The third-order valence-electron chi connectivity index (χ3n) is 3.76. The van der Waals surface area contributed by atoms with E-state index in [2.05, 4.69) is 4.98 Å². The Hall–Kier alpha value is -2.30. The van der Waals surface area contributed by atoms with Gasteiger partial charge in [-0.15, -0.1) is 0 Å². The van der Waals surface area contributed by atoms with Gasteiger partial charge in [-0.05, 0) is 30.9 Å². The summed E-state index contributed by atoms with van der Waals surface area (Å²) in [5.41, 5.74) is 1.29. The van der Waals surface area contributed by atoms with Crippen molar-refractivity contribution in [2.45, 2.75) is 25.8 Å². The van der Waals surface area contributed by atoms with Crippen LogP contribution in [0.4, 0.5) is 0 Å². The van der Waals surface area contributed by atoms with E-state index < -0.39 is 11.2 Å². The van der Waals surface area contributed by atoms with Crippen molar-refractivity contribution >= 4 is 0 Å². The molecule has 3 rings (SSSR count). The first kappa shape index (κ1) is 11.8. The van der Waals surface area contributed by atoms with Crippen LogP contribution >= 0.6 is 0 Å². The van der Waals surface area contributed by atoms with Gasteiger partial charge in [-0.25, -0.2) is 4.79 Å². The molecular weight excluding hydrogens is 244 g/mol. The molecule has 1 aromatic carbocycles. The summed E-state index contributed by atoms with van der Waals surface area (Å²) in [6.07, 6.45) is 1.61. The van der Waals surface area contributed by atoms with Gasteiger partial charge < -0.3 is 5.11 Å². The maximum absolute atomic E-state index is 12.0. The Morgan fingerprint density at radius 3 is 2.84 bits per heavy atom. The van der Waals surface area contributed by atoms with Crippen molar-refractivity contribution in [3.8, 4) is 5.88 Å². The Balaban J connectivity index is 2.23. The number of aromatic hydroxyl groups is 1. The number of rotatable bonds is 1. The molecule has 19 heavy (non-hydrogen) atoms. The standard InChI is InChI=1S/C14H14N2O3/c1-8-12(17)15-14(19)16(13(8)18)11-7-6-9-4-2-3-5-10(9)11/h2-5,11,18H,6-7H2,1H3,(H,15,17,19). The molecule has 0 spiro atoms. The maximum Gasteiger partial charge on any atom is 0.331 e. The molecule has 1 unspecified atom stereocenters. The third kappa shape index (κ3) is 1.69. The minimum Gasteiger partial charge on any atom is -0.494 e. The van der Waals surface area contributed by atoms with Crippen molar-refractivity contribution in [1.82, 2.24) is 9.55 Å². The molecule has 1 aliphatic carbocycles. The van der Waals surface area contributed by atoms with Gasteiger partial charge in [-0.1, -0.05) is 24.3 Å². The van der Waals surface area contributed by atoms with E-state index in [1.165, 1.54) is 17.1 Å². The molecule has 1 atom stereocenters. The average Bonchev–Trinajstić information content (AvgIpc) is 2.81. The lowest BCUT2D eigenvalue weighted by Crippen LogP contribution is -2.33. The van der Waals surface area contributed by atoms with Crippen LogP contribution in [-0.2, 0) is 6.42 Å². The molecule has 0 aliphatic heterocycles. The van der Waals surface area contributed by atoms with Gasteiger partial charge in [0.05, 0.1) is 11.6 Å². The largest absolute Gasteiger partial charge is 0.494 e. The second kappa shape index (κ2) is 4.12. The SMILES string of the molecule is Cc1c(O)n(C2CCc3ccccc32)c(=O)[nH]c1=O. The third-order valence-corrected chi connectivity index (χ3v) is 3.76. The summed E-state index contributed by atoms with van der Waals surface area (Å²) >= 11 is 0. The summed E-state index contributed by atoms with van der Waals surface area (Å²) in [5, 5.41) is 10.1. The fraction of sp³-hybridized carbons (Fsp3) is 0.286. The smallest absolute Gasteiger partial charge is 0.331 e. The van der Waals surface area contributed by atoms with E-state index in [1.807, 2.05) is 24.3 Å². The first-order valence-electron chi connectivity index (χ1n) is 6.22. The number of fused-ring (bicyclic) bond motifs is 1. The van der Waals surface area contributed by atoms with Gasteiger partial charge >= 0.3 is 5.69 Å². The fourth-order valence-corrected chi connectivity index (χ4v) is 2.72. The molecule has 0 bridgehead atoms. The van der Waals surface area contributed by atoms with Gasteiger partial charge in [0.15, 0.2) is 0 Å². The number of aromatic amines is 1. The van der Waals surface area contributed by atoms with Crippen LogP contribution in [0.1, 0.15) is 29.2 Å². The normalized spacial score (nSPS) is 17.4. The zero-order valence-corrected chi connectivity index (χ0v) is 10.5. The molecular formula is C14H14N2O3. The lowest BCUT2D eigenvalue weighted by atomic mass is 10.1. The highest BCUT2D eigenvalue weighted by Gasteiger charge is 2.27. The monoisotopic (exact) mass is 258 g/mol. The van der Waals surface area contributed by atoms with Crippen molar-refractivity contribution in [3.05, 3.63) is 61.8 Å². The predicted molar refractivity (Wildman–Crippen MR) is 70.6 cm³/mol. The van der Waals surface area contributed by atoms with Gasteiger partial charge in [0, 0.05) is 0 Å². The minimum atomic E-state index is -0.560. The van der Waals surface area contributed by atoms with Crippen LogP contribution in [0.3, 0.4) is 0 Å². The Kier molecular flexibility index (Phi) is 2.55. The van der Waals surface area contributed by atoms with Crippen molar-refractivity contribution in [3.63, 3.8) is 0 Å². The molecule has 0 amide bonds. The molecule has 0 saturated heterocycles. The van der Waals surface area contributed by atoms with E-state index in [1.54, 1.807) is 0 Å². The molecule has 0 fully saturated rings. The minimum absolute atomic E-state index is 0.170. The average molecular weight is 258 g/mol. The van der Waals surface area contributed by atoms with Crippen LogP contribution in [0.5, 0.6) is 5.88 Å². The second-order valence-electron chi connectivity index (χ2n) is 4.83. The summed E-state index contributed by atoms with van der Waals surface area (Å²) in [7, 11) is 0. The predicted octanol–water partition coefficient (Wildman–Crippen LogP) is 1.09. The first-order valence-corrected chi connectivity index (χ1v) is 6.22. The number of hydrogen-bond donors (Lipinski definition) is 2. The summed E-state index contributed by atoms with van der Waals surface area (Å²) in [5.74, 6) is -0.240. The van der Waals surface area contributed by atoms with Crippen LogP contribution in [-0.4, -0.2) is 14.7 Å². The summed E-state index contributed by atoms with van der Waals surface area (Å²) < 4.78 is 1.28. The molecule has 0 saturated carbocycles. The van der Waals surface area contributed by atoms with Gasteiger partial charge in [0.25, 0.3) is 5.56 Å². The van der Waals surface area contributed by atoms with Gasteiger partial charge in [0.1, 0.15) is 0 Å². The molecule has 5 nitrogen and oxygen atoms in total. The van der Waals surface area contributed by atoms with Crippen molar-refractivity contribution < 1.29 is 5.11 Å². The molecule has 1 heterocycles. The molecule has 2 N–H and O–H groups in total. The van der Waals surface area contributed by atoms with Crippen LogP contribution in [0, 0.1) is 6.92 Å². The van der Waals surface area contributed by atoms with Crippen molar-refractivity contribution in [2.24, 2.45) is 0 Å². The first-order chi connectivity index (χ1) is 9.09. The van der Waals surface area contributed by atoms with Crippen LogP contribution < -0.4 is 11.2 Å². The van der Waals surface area contributed by atoms with Gasteiger partial charge in [-0.3, -0.25) is 14.3 Å². The summed E-state index contributed by atoms with van der Waals surface area (Å²) in [4.78, 5) is 25.6. The number of aryl methyl sites for hydroxylation is 1. The van der Waals surface area contributed by atoms with E-state index in [-0.39, 0.29) is 17.5 Å². The Morgan fingerprint density at radius 1 is 1.32 bits per heavy atom. The number of benzene rings is 1. The fourth-order valence-electron chi connectivity index (χ4n) is 2.72. The molecule has 98 valence electrons. The maximum atomic E-state index is 12.0. The number of hydrogen-bond acceptors (Lipinski definition) is 3. The van der Waals surface area contributed by atoms with E-state index in [4.69, 9.17) is 0 Å². The van der Waals surface area contributed by atoms with E-state index >= 15 is 0 Å². The second-order valence-corrected chi connectivity index (χ2v) is 4.83. The van der Waals surface area contributed by atoms with Crippen LogP contribution in [0.25, 0.3) is 0 Å². The lowest BCUT2D eigenvalue weighted by molar-refractivity contribution is 0.376. The summed E-state index contributed by atoms with van der Waals surface area (Å²) in [6.45, 7) is 1.50. The summed E-state index contributed by atoms with van der Waals surface area (Å²) in [6, 6.07) is 7.65. The van der Waals surface area contributed by atoms with Gasteiger partial charge in [-0.2, -0.15) is 0 Å². The quantitative estimate of drug-likeness (QED) is 0.804. The van der Waals surface area contributed by atoms with E-state index in [9.17, 15) is 14.7 Å². The molecule has 1 aliphatic rings. The van der Waals surface area contributed by atoms with Crippen LogP contribution in [0.2, 0.25) is 0 Å². The van der Waals surface area contributed by atoms with Gasteiger partial charge in [0.2, 0.25) is 5.88 Å².